The molecule has 1 aliphatic rings. The van der Waals surface area contributed by atoms with Crippen LogP contribution in [0.5, 0.6) is 0 Å². The maximum absolute atomic E-state index is 12.8. The third-order valence-electron chi connectivity index (χ3n) is 3.61. The molecule has 0 spiro atoms. The van der Waals surface area contributed by atoms with Gasteiger partial charge in [0.25, 0.3) is 0 Å². The fraction of sp³-hybridized carbons (Fsp3) is 0.615. The molecule has 6 heteroatoms. The maximum Gasteiger partial charge on any atom is 0.419 e. The molecule has 19 heavy (non-hydrogen) atoms. The van der Waals surface area contributed by atoms with E-state index in [4.69, 9.17) is 0 Å². The number of rotatable bonds is 3. The molecular formula is C13H18F3N3. The molecule has 1 aromatic heterocycles. The minimum atomic E-state index is -4.37. The maximum atomic E-state index is 12.8. The zero-order valence-electron chi connectivity index (χ0n) is 10.8. The van der Waals surface area contributed by atoms with Gasteiger partial charge in [-0.3, -0.25) is 0 Å². The van der Waals surface area contributed by atoms with Crippen LogP contribution in [0.4, 0.5) is 19.0 Å². The van der Waals surface area contributed by atoms with Crippen LogP contribution in [0.25, 0.3) is 0 Å². The average Bonchev–Trinajstić information content (AvgIpc) is 2.37. The molecule has 0 radical (unpaired) electrons. The number of halogens is 3. The van der Waals surface area contributed by atoms with Crippen molar-refractivity contribution >= 4 is 5.82 Å². The Labute approximate surface area is 110 Å². The number of nitrogens with zero attached hydrogens (tertiary/aromatic N) is 1. The topological polar surface area (TPSA) is 37.0 Å². The Morgan fingerprint density at radius 1 is 1.37 bits per heavy atom. The normalized spacial score (nSPS) is 19.2. The van der Waals surface area contributed by atoms with E-state index in [2.05, 4.69) is 22.5 Å². The second-order valence-corrected chi connectivity index (χ2v) is 5.31. The molecule has 1 aliphatic heterocycles. The van der Waals surface area contributed by atoms with Gasteiger partial charge in [0.15, 0.2) is 0 Å². The van der Waals surface area contributed by atoms with Gasteiger partial charge in [-0.15, -0.1) is 0 Å². The monoisotopic (exact) mass is 273 g/mol. The summed E-state index contributed by atoms with van der Waals surface area (Å²) in [4.78, 5) is 3.81. The van der Waals surface area contributed by atoms with Gasteiger partial charge in [-0.2, -0.15) is 13.2 Å². The second kappa shape index (κ2) is 5.36. The van der Waals surface area contributed by atoms with Gasteiger partial charge in [0.2, 0.25) is 0 Å². The Hall–Kier alpha value is -1.30. The Bertz CT molecular complexity index is 425. The predicted molar refractivity (Wildman–Crippen MR) is 67.9 cm³/mol. The standard InChI is InChI=1S/C13H18F3N3/c1-12(4-7-17-8-5-12)9-19-11-10(13(14,15)16)3-2-6-18-11/h2-3,6,17H,4-5,7-9H2,1H3,(H,18,19). The van der Waals surface area contributed by atoms with E-state index < -0.39 is 11.7 Å². The van der Waals surface area contributed by atoms with Crippen molar-refractivity contribution < 1.29 is 13.2 Å². The largest absolute Gasteiger partial charge is 0.419 e. The first-order valence-corrected chi connectivity index (χ1v) is 6.38. The van der Waals surface area contributed by atoms with Crippen molar-refractivity contribution in [3.05, 3.63) is 23.9 Å². The summed E-state index contributed by atoms with van der Waals surface area (Å²) in [6, 6.07) is 2.36. The van der Waals surface area contributed by atoms with Gasteiger partial charge in [0.1, 0.15) is 5.82 Å². The van der Waals surface area contributed by atoms with Crippen molar-refractivity contribution in [3.8, 4) is 0 Å². The molecule has 2 N–H and O–H groups in total. The van der Waals surface area contributed by atoms with Crippen LogP contribution in [-0.2, 0) is 6.18 Å². The quantitative estimate of drug-likeness (QED) is 0.889. The number of alkyl halides is 3. The highest BCUT2D eigenvalue weighted by Gasteiger charge is 2.35. The van der Waals surface area contributed by atoms with Crippen molar-refractivity contribution in [2.75, 3.05) is 25.0 Å². The van der Waals surface area contributed by atoms with Crippen LogP contribution in [0.2, 0.25) is 0 Å². The minimum absolute atomic E-state index is 0.0195. The molecule has 2 rings (SSSR count). The molecule has 2 heterocycles. The summed E-state index contributed by atoms with van der Waals surface area (Å²) in [6.07, 6.45) is -1.09. The fourth-order valence-corrected chi connectivity index (χ4v) is 2.28. The SMILES string of the molecule is CC1(CNc2ncccc2C(F)(F)F)CCNCC1. The van der Waals surface area contributed by atoms with Gasteiger partial charge in [-0.1, -0.05) is 6.92 Å². The minimum Gasteiger partial charge on any atom is -0.369 e. The van der Waals surface area contributed by atoms with Crippen molar-refractivity contribution in [2.45, 2.75) is 25.9 Å². The van der Waals surface area contributed by atoms with Gasteiger partial charge in [0, 0.05) is 12.7 Å². The third-order valence-corrected chi connectivity index (χ3v) is 3.61. The molecule has 1 aromatic rings. The van der Waals surface area contributed by atoms with E-state index >= 15 is 0 Å². The predicted octanol–water partition coefficient (Wildman–Crippen LogP) is 2.90. The van der Waals surface area contributed by atoms with Crippen LogP contribution in [0.3, 0.4) is 0 Å². The smallest absolute Gasteiger partial charge is 0.369 e. The lowest BCUT2D eigenvalue weighted by Gasteiger charge is -2.34. The second-order valence-electron chi connectivity index (χ2n) is 5.31. The summed E-state index contributed by atoms with van der Waals surface area (Å²) < 4.78 is 38.5. The third kappa shape index (κ3) is 3.59. The molecular weight excluding hydrogens is 255 g/mol. The first-order valence-electron chi connectivity index (χ1n) is 6.38. The van der Waals surface area contributed by atoms with Gasteiger partial charge in [-0.25, -0.2) is 4.98 Å². The number of anilines is 1. The highest BCUT2D eigenvalue weighted by Crippen LogP contribution is 2.34. The molecule has 0 amide bonds. The number of hydrogen-bond acceptors (Lipinski definition) is 3. The molecule has 0 aromatic carbocycles. The molecule has 0 atom stereocenters. The molecule has 3 nitrogen and oxygen atoms in total. The number of pyridine rings is 1. The summed E-state index contributed by atoms with van der Waals surface area (Å²) in [5.41, 5.74) is -0.682. The van der Waals surface area contributed by atoms with Crippen LogP contribution < -0.4 is 10.6 Å². The van der Waals surface area contributed by atoms with E-state index in [1.807, 2.05) is 0 Å². The Kier molecular flexibility index (Phi) is 3.99. The Morgan fingerprint density at radius 3 is 2.68 bits per heavy atom. The number of nitrogens with one attached hydrogen (secondary N) is 2. The summed E-state index contributed by atoms with van der Waals surface area (Å²) >= 11 is 0. The molecule has 0 saturated carbocycles. The van der Waals surface area contributed by atoms with Crippen LogP contribution in [0.15, 0.2) is 18.3 Å². The van der Waals surface area contributed by atoms with Crippen molar-refractivity contribution in [2.24, 2.45) is 5.41 Å². The van der Waals surface area contributed by atoms with E-state index in [0.29, 0.717) is 6.54 Å². The highest BCUT2D eigenvalue weighted by molar-refractivity contribution is 5.45. The average molecular weight is 273 g/mol. The lowest BCUT2D eigenvalue weighted by Crippen LogP contribution is -2.39. The lowest BCUT2D eigenvalue weighted by molar-refractivity contribution is -0.137. The van der Waals surface area contributed by atoms with E-state index in [1.54, 1.807) is 0 Å². The summed E-state index contributed by atoms with van der Waals surface area (Å²) in [7, 11) is 0. The van der Waals surface area contributed by atoms with Crippen LogP contribution in [-0.4, -0.2) is 24.6 Å². The number of piperidine rings is 1. The summed E-state index contributed by atoms with van der Waals surface area (Å²) in [5, 5.41) is 6.12. The highest BCUT2D eigenvalue weighted by atomic mass is 19.4. The van der Waals surface area contributed by atoms with Crippen LogP contribution in [0.1, 0.15) is 25.3 Å². The zero-order valence-corrected chi connectivity index (χ0v) is 10.8. The lowest BCUT2D eigenvalue weighted by atomic mass is 9.81. The molecule has 1 saturated heterocycles. The van der Waals surface area contributed by atoms with Crippen LogP contribution >= 0.6 is 0 Å². The molecule has 0 unspecified atom stereocenters. The first-order chi connectivity index (χ1) is 8.91. The Morgan fingerprint density at radius 2 is 2.05 bits per heavy atom. The van der Waals surface area contributed by atoms with Gasteiger partial charge >= 0.3 is 6.18 Å². The van der Waals surface area contributed by atoms with Gasteiger partial charge in [-0.05, 0) is 43.5 Å². The molecule has 0 aliphatic carbocycles. The van der Waals surface area contributed by atoms with Gasteiger partial charge in [0.05, 0.1) is 5.56 Å². The zero-order chi connectivity index (χ0) is 13.9. The Balaban J connectivity index is 2.07. The van der Waals surface area contributed by atoms with Crippen molar-refractivity contribution in [1.82, 2.24) is 10.3 Å². The van der Waals surface area contributed by atoms with E-state index in [0.717, 1.165) is 32.0 Å². The van der Waals surface area contributed by atoms with E-state index in [-0.39, 0.29) is 11.2 Å². The van der Waals surface area contributed by atoms with E-state index in [1.165, 1.54) is 12.3 Å². The van der Waals surface area contributed by atoms with E-state index in [9.17, 15) is 13.2 Å². The summed E-state index contributed by atoms with van der Waals surface area (Å²) in [6.45, 7) is 4.42. The number of hydrogen-bond donors (Lipinski definition) is 2. The van der Waals surface area contributed by atoms with Gasteiger partial charge < -0.3 is 10.6 Å². The molecule has 1 fully saturated rings. The fourth-order valence-electron chi connectivity index (χ4n) is 2.28. The molecule has 106 valence electrons. The van der Waals surface area contributed by atoms with Crippen molar-refractivity contribution in [1.29, 1.82) is 0 Å². The molecule has 0 bridgehead atoms. The number of aromatic nitrogens is 1. The summed E-state index contributed by atoms with van der Waals surface area (Å²) in [5.74, 6) is -0.0743. The van der Waals surface area contributed by atoms with Crippen LogP contribution in [0, 0.1) is 5.41 Å². The first kappa shape index (κ1) is 14.1. The van der Waals surface area contributed by atoms with Crippen molar-refractivity contribution in [3.63, 3.8) is 0 Å².